The normalized spacial score (nSPS) is 12.2. The van der Waals surface area contributed by atoms with Gasteiger partial charge in [0.15, 0.2) is 0 Å². The molecule has 1 heteroatoms. The van der Waals surface area contributed by atoms with Crippen molar-refractivity contribution >= 4 is 0 Å². The molecule has 0 aromatic heterocycles. The molecule has 0 heterocycles. The van der Waals surface area contributed by atoms with E-state index in [0.717, 1.165) is 6.42 Å². The van der Waals surface area contributed by atoms with Crippen LogP contribution in [0.1, 0.15) is 19.4 Å². The fraction of sp³-hybridized carbons (Fsp3) is 0.385. The summed E-state index contributed by atoms with van der Waals surface area (Å²) in [6.45, 7) is 4.27. The van der Waals surface area contributed by atoms with Gasteiger partial charge in [0.2, 0.25) is 0 Å². The third-order valence-electron chi connectivity index (χ3n) is 2.20. The van der Waals surface area contributed by atoms with Crippen LogP contribution in [0.4, 0.5) is 0 Å². The Morgan fingerprint density at radius 3 is 2.43 bits per heavy atom. The van der Waals surface area contributed by atoms with Gasteiger partial charge >= 0.3 is 0 Å². The summed E-state index contributed by atoms with van der Waals surface area (Å²) in [4.78, 5) is 0. The van der Waals surface area contributed by atoms with Crippen LogP contribution in [-0.4, -0.2) is 13.1 Å². The molecule has 0 fully saturated rings. The summed E-state index contributed by atoms with van der Waals surface area (Å²) >= 11 is 0. The lowest BCUT2D eigenvalue weighted by atomic mass is 10.0. The molecule has 0 saturated carbocycles. The van der Waals surface area contributed by atoms with Gasteiger partial charge in [-0.05, 0) is 32.9 Å². The van der Waals surface area contributed by atoms with E-state index >= 15 is 0 Å². The quantitative estimate of drug-likeness (QED) is 0.718. The van der Waals surface area contributed by atoms with Crippen molar-refractivity contribution in [2.24, 2.45) is 0 Å². The Labute approximate surface area is 86.8 Å². The van der Waals surface area contributed by atoms with E-state index in [2.05, 4.69) is 55.6 Å². The Balaban J connectivity index is 2.62. The first-order chi connectivity index (χ1) is 6.72. The molecule has 1 unspecified atom stereocenters. The second kappa shape index (κ2) is 5.61. The van der Waals surface area contributed by atoms with E-state index < -0.39 is 0 Å². The summed E-state index contributed by atoms with van der Waals surface area (Å²) in [6.07, 6.45) is 3.33. The van der Waals surface area contributed by atoms with Crippen molar-refractivity contribution in [1.82, 2.24) is 5.32 Å². The van der Waals surface area contributed by atoms with Gasteiger partial charge in [-0.1, -0.05) is 42.0 Å². The summed E-state index contributed by atoms with van der Waals surface area (Å²) in [5.41, 5.74) is 2.74. The number of likely N-dealkylation sites (N-methyl/N-ethyl adjacent to an activating group) is 1. The summed E-state index contributed by atoms with van der Waals surface area (Å²) in [5.74, 6) is 0. The smallest absolute Gasteiger partial charge is 0.0290 e. The van der Waals surface area contributed by atoms with Crippen LogP contribution in [-0.2, 0) is 6.42 Å². The molecule has 0 amide bonds. The van der Waals surface area contributed by atoms with Crippen molar-refractivity contribution in [2.45, 2.75) is 26.3 Å². The van der Waals surface area contributed by atoms with E-state index in [1.54, 1.807) is 0 Å². The van der Waals surface area contributed by atoms with Gasteiger partial charge in [-0.3, -0.25) is 0 Å². The zero-order valence-electron chi connectivity index (χ0n) is 9.25. The Morgan fingerprint density at radius 2 is 1.93 bits per heavy atom. The average molecular weight is 189 g/mol. The average Bonchev–Trinajstić information content (AvgIpc) is 2.17. The topological polar surface area (TPSA) is 12.0 Å². The molecule has 1 N–H and O–H groups in total. The zero-order chi connectivity index (χ0) is 10.4. The number of nitrogens with one attached hydrogen (secondary N) is 1. The first kappa shape index (κ1) is 11.0. The SMILES string of the molecule is CNC(C=C(C)C)Cc1ccccc1. The molecule has 1 aromatic carbocycles. The van der Waals surface area contributed by atoms with Gasteiger partial charge < -0.3 is 5.32 Å². The number of hydrogen-bond donors (Lipinski definition) is 1. The molecule has 0 aliphatic carbocycles. The minimum atomic E-state index is 0.447. The predicted molar refractivity (Wildman–Crippen MR) is 62.4 cm³/mol. The van der Waals surface area contributed by atoms with Crippen molar-refractivity contribution in [2.75, 3.05) is 7.05 Å². The third-order valence-corrected chi connectivity index (χ3v) is 2.20. The highest BCUT2D eigenvalue weighted by molar-refractivity contribution is 5.18. The van der Waals surface area contributed by atoms with Crippen molar-refractivity contribution in [3.63, 3.8) is 0 Å². The molecule has 1 atom stereocenters. The van der Waals surface area contributed by atoms with Crippen LogP contribution in [0.15, 0.2) is 42.0 Å². The summed E-state index contributed by atoms with van der Waals surface area (Å²) in [7, 11) is 2.01. The van der Waals surface area contributed by atoms with Gasteiger partial charge in [0.05, 0.1) is 0 Å². The number of allylic oxidation sites excluding steroid dienone is 1. The van der Waals surface area contributed by atoms with Gasteiger partial charge in [-0.25, -0.2) is 0 Å². The van der Waals surface area contributed by atoms with Crippen molar-refractivity contribution in [3.05, 3.63) is 47.5 Å². The monoisotopic (exact) mass is 189 g/mol. The van der Waals surface area contributed by atoms with E-state index in [9.17, 15) is 0 Å². The molecule has 0 spiro atoms. The van der Waals surface area contributed by atoms with Crippen molar-refractivity contribution in [1.29, 1.82) is 0 Å². The van der Waals surface area contributed by atoms with E-state index in [4.69, 9.17) is 0 Å². The summed E-state index contributed by atoms with van der Waals surface area (Å²) < 4.78 is 0. The number of hydrogen-bond acceptors (Lipinski definition) is 1. The van der Waals surface area contributed by atoms with Crippen LogP contribution in [0.3, 0.4) is 0 Å². The maximum Gasteiger partial charge on any atom is 0.0290 e. The molecule has 14 heavy (non-hydrogen) atoms. The summed E-state index contributed by atoms with van der Waals surface area (Å²) in [5, 5.41) is 3.31. The van der Waals surface area contributed by atoms with E-state index in [0.29, 0.717) is 6.04 Å². The van der Waals surface area contributed by atoms with Crippen LogP contribution in [0.5, 0.6) is 0 Å². The maximum absolute atomic E-state index is 3.31. The summed E-state index contributed by atoms with van der Waals surface area (Å²) in [6, 6.07) is 11.0. The minimum Gasteiger partial charge on any atom is -0.313 e. The molecule has 1 nitrogen and oxygen atoms in total. The second-order valence-electron chi connectivity index (χ2n) is 3.83. The first-order valence-electron chi connectivity index (χ1n) is 5.08. The highest BCUT2D eigenvalue weighted by Crippen LogP contribution is 2.05. The maximum atomic E-state index is 3.31. The van der Waals surface area contributed by atoms with Gasteiger partial charge in [0, 0.05) is 6.04 Å². The number of benzene rings is 1. The lowest BCUT2D eigenvalue weighted by Crippen LogP contribution is -2.25. The molecular weight excluding hydrogens is 170 g/mol. The van der Waals surface area contributed by atoms with Crippen LogP contribution in [0, 0.1) is 0 Å². The Bertz CT molecular complexity index is 283. The zero-order valence-corrected chi connectivity index (χ0v) is 9.25. The molecule has 0 bridgehead atoms. The molecule has 1 rings (SSSR count). The highest BCUT2D eigenvalue weighted by atomic mass is 14.9. The van der Waals surface area contributed by atoms with Crippen LogP contribution < -0.4 is 5.32 Å². The van der Waals surface area contributed by atoms with Crippen LogP contribution in [0.2, 0.25) is 0 Å². The largest absolute Gasteiger partial charge is 0.313 e. The third kappa shape index (κ3) is 3.75. The highest BCUT2D eigenvalue weighted by Gasteiger charge is 2.02. The molecule has 1 aromatic rings. The van der Waals surface area contributed by atoms with Crippen molar-refractivity contribution in [3.8, 4) is 0 Å². The fourth-order valence-electron chi connectivity index (χ4n) is 1.51. The van der Waals surface area contributed by atoms with Crippen LogP contribution in [0.25, 0.3) is 0 Å². The molecule has 0 radical (unpaired) electrons. The molecule has 0 aliphatic heterocycles. The van der Waals surface area contributed by atoms with Gasteiger partial charge in [-0.15, -0.1) is 0 Å². The van der Waals surface area contributed by atoms with Gasteiger partial charge in [-0.2, -0.15) is 0 Å². The van der Waals surface area contributed by atoms with E-state index in [1.165, 1.54) is 11.1 Å². The molecule has 76 valence electrons. The minimum absolute atomic E-state index is 0.447. The van der Waals surface area contributed by atoms with Gasteiger partial charge in [0.1, 0.15) is 0 Å². The lowest BCUT2D eigenvalue weighted by molar-refractivity contribution is 0.660. The van der Waals surface area contributed by atoms with Crippen LogP contribution >= 0.6 is 0 Å². The Hall–Kier alpha value is -1.08. The molecule has 0 saturated heterocycles. The van der Waals surface area contributed by atoms with Gasteiger partial charge in [0.25, 0.3) is 0 Å². The Kier molecular flexibility index (Phi) is 4.41. The Morgan fingerprint density at radius 1 is 1.29 bits per heavy atom. The van der Waals surface area contributed by atoms with E-state index in [-0.39, 0.29) is 0 Å². The van der Waals surface area contributed by atoms with E-state index in [1.807, 2.05) is 7.05 Å². The first-order valence-corrected chi connectivity index (χ1v) is 5.08. The predicted octanol–water partition coefficient (Wildman–Crippen LogP) is 2.78. The van der Waals surface area contributed by atoms with Crippen molar-refractivity contribution < 1.29 is 0 Å². The number of rotatable bonds is 4. The second-order valence-corrected chi connectivity index (χ2v) is 3.83. The standard InChI is InChI=1S/C13H19N/c1-11(2)9-13(14-3)10-12-7-5-4-6-8-12/h4-9,13-14H,10H2,1-3H3. The lowest BCUT2D eigenvalue weighted by Gasteiger charge is -2.12. The fourth-order valence-corrected chi connectivity index (χ4v) is 1.51. The molecular formula is C13H19N. The molecule has 0 aliphatic rings.